The Bertz CT molecular complexity index is 535. The van der Waals surface area contributed by atoms with E-state index in [-0.39, 0.29) is 0 Å². The summed E-state index contributed by atoms with van der Waals surface area (Å²) in [4.78, 5) is 0. The molecule has 0 aromatic rings. The van der Waals surface area contributed by atoms with E-state index in [1.165, 1.54) is 294 Å². The largest absolute Gasteiger partial charge is 0.0817 e. The Kier molecular flexibility index (Phi) is 53.8. The van der Waals surface area contributed by atoms with Gasteiger partial charge in [-0.15, -0.1) is 0 Å². The van der Waals surface area contributed by atoms with Gasteiger partial charge in [0.2, 0.25) is 0 Å². The first-order valence-electron chi connectivity index (χ1n) is 24.5. The Balaban J connectivity index is 3.04. The fourth-order valence-corrected chi connectivity index (χ4v) is 13.9. The number of hydrogen-bond acceptors (Lipinski definition) is 4. The third kappa shape index (κ3) is 51.4. The van der Waals surface area contributed by atoms with Gasteiger partial charge in [0.05, 0.1) is 0 Å². The van der Waals surface area contributed by atoms with Gasteiger partial charge in [0.1, 0.15) is 0 Å². The molecule has 0 bridgehead atoms. The van der Waals surface area contributed by atoms with Crippen molar-refractivity contribution in [3.8, 4) is 0 Å². The maximum atomic E-state index is 2.31. The van der Waals surface area contributed by atoms with E-state index in [2.05, 4.69) is 35.4 Å². The van der Waals surface area contributed by atoms with Crippen molar-refractivity contribution in [1.29, 1.82) is 0 Å². The monoisotopic (exact) mass is 803 g/mol. The van der Waals surface area contributed by atoms with Gasteiger partial charge in [-0.1, -0.05) is 305 Å². The van der Waals surface area contributed by atoms with Crippen molar-refractivity contribution in [3.63, 3.8) is 0 Å². The first kappa shape index (κ1) is 53.4. The van der Waals surface area contributed by atoms with Gasteiger partial charge >= 0.3 is 0 Å². The molecule has 0 radical (unpaired) electrons. The second-order valence-electron chi connectivity index (χ2n) is 16.6. The van der Waals surface area contributed by atoms with Crippen LogP contribution < -0.4 is 0 Å². The minimum atomic E-state index is 1.34. The van der Waals surface area contributed by atoms with Crippen molar-refractivity contribution in [1.82, 2.24) is 0 Å². The van der Waals surface area contributed by atoms with E-state index in [9.17, 15) is 0 Å². The van der Waals surface area contributed by atoms with E-state index in [4.69, 9.17) is 0 Å². The lowest BCUT2D eigenvalue weighted by atomic mass is 10.0. The Morgan fingerprint density at radius 3 is 0.462 bits per heavy atom. The Morgan fingerprint density at radius 1 is 0.173 bits per heavy atom. The van der Waals surface area contributed by atoms with Crippen LogP contribution in [0.2, 0.25) is 0 Å². The summed E-state index contributed by atoms with van der Waals surface area (Å²) in [7, 11) is 8.26. The first-order chi connectivity index (χ1) is 25.9. The molecule has 0 saturated heterocycles. The maximum Gasteiger partial charge on any atom is 0.00454 e. The van der Waals surface area contributed by atoms with Crippen LogP contribution in [0, 0.1) is 0 Å². The molecule has 0 spiro atoms. The summed E-state index contributed by atoms with van der Waals surface area (Å²) in [6.45, 7) is 4.62. The molecule has 0 aromatic heterocycles. The summed E-state index contributed by atoms with van der Waals surface area (Å²) in [6.07, 6.45) is 64.8. The zero-order chi connectivity index (χ0) is 37.4. The molecule has 0 saturated carbocycles. The second kappa shape index (κ2) is 52.4. The van der Waals surface area contributed by atoms with Gasteiger partial charge in [-0.2, -0.15) is 0 Å². The lowest BCUT2D eigenvalue weighted by Gasteiger charge is -2.04. The highest BCUT2D eigenvalue weighted by atomic mass is 33.7. The van der Waals surface area contributed by atoms with Crippen molar-refractivity contribution in [3.05, 3.63) is 0 Å². The fraction of sp³-hybridized carbons (Fsp3) is 1.00. The minimum Gasteiger partial charge on any atom is -0.0817 e. The third-order valence-corrected chi connectivity index (χ3v) is 17.9. The molecule has 0 amide bonds. The Hall–Kier alpha value is 1.40. The molecule has 0 heterocycles. The van der Waals surface area contributed by atoms with E-state index in [0.717, 1.165) is 0 Å². The Labute approximate surface area is 347 Å². The van der Waals surface area contributed by atoms with Gasteiger partial charge < -0.3 is 0 Å². The Morgan fingerprint density at radius 2 is 0.308 bits per heavy atom. The van der Waals surface area contributed by atoms with E-state index >= 15 is 0 Å². The maximum absolute atomic E-state index is 2.31. The smallest absolute Gasteiger partial charge is 0.00454 e. The van der Waals surface area contributed by atoms with Crippen molar-refractivity contribution in [2.75, 3.05) is 11.5 Å². The molecule has 0 aliphatic rings. The highest BCUT2D eigenvalue weighted by Gasteiger charge is 1.99. The van der Waals surface area contributed by atoms with E-state index < -0.39 is 0 Å². The molecule has 0 N–H and O–H groups in total. The topological polar surface area (TPSA) is 0 Å². The van der Waals surface area contributed by atoms with Crippen LogP contribution in [0.1, 0.15) is 296 Å². The summed E-state index contributed by atoms with van der Waals surface area (Å²) >= 11 is 0. The summed E-state index contributed by atoms with van der Waals surface area (Å²) in [5.41, 5.74) is 0. The zero-order valence-electron chi connectivity index (χ0n) is 36.2. The van der Waals surface area contributed by atoms with Crippen LogP contribution in [0.5, 0.6) is 0 Å². The SMILES string of the molecule is CCCCCCCCCCCCCCCCCCCCCCCCSSSSCCCCCCCCCCCCCCCCCCCCCCCC. The number of unbranched alkanes of at least 4 members (excludes halogenated alkanes) is 42. The molecule has 0 nitrogen and oxygen atoms in total. The van der Waals surface area contributed by atoms with E-state index in [1.54, 1.807) is 0 Å². The van der Waals surface area contributed by atoms with Crippen LogP contribution >= 0.6 is 41.2 Å². The standard InChI is InChI=1S/C48H98S4/c1-3-5-7-9-11-13-15-17-19-21-23-25-27-29-31-33-35-37-39-41-43-45-47-49-51-52-50-48-46-44-42-40-38-36-34-32-30-28-26-24-22-20-18-16-14-12-10-8-6-4-2/h3-48H2,1-2H3. The normalized spacial score (nSPS) is 11.7. The molecule has 0 atom stereocenters. The van der Waals surface area contributed by atoms with E-state index in [0.29, 0.717) is 0 Å². The predicted molar refractivity (Wildman–Crippen MR) is 255 cm³/mol. The van der Waals surface area contributed by atoms with Gasteiger partial charge in [-0.3, -0.25) is 0 Å². The van der Waals surface area contributed by atoms with E-state index in [1.807, 2.05) is 19.7 Å². The van der Waals surface area contributed by atoms with Crippen molar-refractivity contribution >= 4 is 41.2 Å². The van der Waals surface area contributed by atoms with Crippen LogP contribution in [0.25, 0.3) is 0 Å². The second-order valence-corrected chi connectivity index (χ2v) is 22.9. The molecular weight excluding hydrogens is 705 g/mol. The third-order valence-electron chi connectivity index (χ3n) is 11.3. The van der Waals surface area contributed by atoms with Gasteiger partial charge in [-0.05, 0) is 32.5 Å². The lowest BCUT2D eigenvalue weighted by molar-refractivity contribution is 0.520. The van der Waals surface area contributed by atoms with Gasteiger partial charge in [0.25, 0.3) is 0 Å². The lowest BCUT2D eigenvalue weighted by Crippen LogP contribution is -1.85. The summed E-state index contributed by atoms with van der Waals surface area (Å²) < 4.78 is 0. The van der Waals surface area contributed by atoms with Crippen molar-refractivity contribution < 1.29 is 0 Å². The average Bonchev–Trinajstić information content (AvgIpc) is 3.16. The number of rotatable bonds is 49. The number of hydrogen-bond donors (Lipinski definition) is 0. The molecule has 52 heavy (non-hydrogen) atoms. The summed E-state index contributed by atoms with van der Waals surface area (Å²) in [5, 5.41) is 0. The van der Waals surface area contributed by atoms with Crippen LogP contribution in [-0.4, -0.2) is 11.5 Å². The predicted octanol–water partition coefficient (Wildman–Crippen LogP) is 20.9. The molecule has 0 rings (SSSR count). The van der Waals surface area contributed by atoms with Crippen molar-refractivity contribution in [2.45, 2.75) is 296 Å². The van der Waals surface area contributed by atoms with Crippen LogP contribution in [-0.2, 0) is 0 Å². The highest BCUT2D eigenvalue weighted by molar-refractivity contribution is 9.26. The highest BCUT2D eigenvalue weighted by Crippen LogP contribution is 2.43. The molecule has 314 valence electrons. The fourth-order valence-electron chi connectivity index (χ4n) is 7.65. The molecule has 0 unspecified atom stereocenters. The van der Waals surface area contributed by atoms with Gasteiger partial charge in [0, 0.05) is 11.5 Å². The average molecular weight is 804 g/mol. The zero-order valence-corrected chi connectivity index (χ0v) is 39.4. The van der Waals surface area contributed by atoms with Crippen LogP contribution in [0.15, 0.2) is 0 Å². The van der Waals surface area contributed by atoms with Crippen LogP contribution in [0.4, 0.5) is 0 Å². The molecule has 0 fully saturated rings. The molecule has 0 aliphatic heterocycles. The molecule has 0 aromatic carbocycles. The van der Waals surface area contributed by atoms with Gasteiger partial charge in [-0.25, -0.2) is 0 Å². The molecule has 4 heteroatoms. The van der Waals surface area contributed by atoms with Gasteiger partial charge in [0.15, 0.2) is 0 Å². The summed E-state index contributed by atoms with van der Waals surface area (Å²) in [5.74, 6) is 2.69. The molecular formula is C48H98S4. The quantitative estimate of drug-likeness (QED) is 0.0444. The first-order valence-corrected chi connectivity index (χ1v) is 29.6. The summed E-state index contributed by atoms with van der Waals surface area (Å²) in [6, 6.07) is 0. The van der Waals surface area contributed by atoms with Crippen LogP contribution in [0.3, 0.4) is 0 Å². The minimum absolute atomic E-state index is 1.34. The van der Waals surface area contributed by atoms with Crippen molar-refractivity contribution in [2.24, 2.45) is 0 Å². The molecule has 0 aliphatic carbocycles.